The van der Waals surface area contributed by atoms with Crippen molar-refractivity contribution in [1.29, 1.82) is 0 Å². The van der Waals surface area contributed by atoms with Gasteiger partial charge in [0.05, 0.1) is 0 Å². The van der Waals surface area contributed by atoms with E-state index in [0.717, 1.165) is 36.3 Å². The van der Waals surface area contributed by atoms with E-state index in [0.29, 0.717) is 6.04 Å². The predicted molar refractivity (Wildman–Crippen MR) is 71.9 cm³/mol. The van der Waals surface area contributed by atoms with Gasteiger partial charge in [0.1, 0.15) is 0 Å². The minimum Gasteiger partial charge on any atom is -0.383 e. The molecule has 16 heavy (non-hydrogen) atoms. The van der Waals surface area contributed by atoms with Crippen LogP contribution >= 0.6 is 15.9 Å². The highest BCUT2D eigenvalue weighted by Crippen LogP contribution is 2.20. The van der Waals surface area contributed by atoms with Gasteiger partial charge in [-0.25, -0.2) is 0 Å². The molecular weight excluding hydrogens is 266 g/mol. The number of rotatable bonds is 3. The van der Waals surface area contributed by atoms with Gasteiger partial charge in [0, 0.05) is 42.4 Å². The Balaban J connectivity index is 1.85. The lowest BCUT2D eigenvalue weighted by Crippen LogP contribution is -2.51. The molecule has 0 radical (unpaired) electrons. The Labute approximate surface area is 105 Å². The second-order valence-corrected chi connectivity index (χ2v) is 5.13. The lowest BCUT2D eigenvalue weighted by molar-refractivity contribution is 0.244. The van der Waals surface area contributed by atoms with Gasteiger partial charge in [-0.15, -0.1) is 0 Å². The first kappa shape index (κ1) is 11.9. The second kappa shape index (κ2) is 5.66. The van der Waals surface area contributed by atoms with Crippen LogP contribution < -0.4 is 10.6 Å². The lowest BCUT2D eigenvalue weighted by Gasteiger charge is -2.31. The first-order valence-corrected chi connectivity index (χ1v) is 6.45. The zero-order valence-corrected chi connectivity index (χ0v) is 11.1. The maximum Gasteiger partial charge on any atom is 0.0485 e. The number of anilines is 1. The summed E-state index contributed by atoms with van der Waals surface area (Å²) < 4.78 is 1.12. The zero-order valence-electron chi connectivity index (χ0n) is 9.54. The van der Waals surface area contributed by atoms with Gasteiger partial charge in [-0.05, 0) is 35.1 Å². The summed E-state index contributed by atoms with van der Waals surface area (Å²) in [6.45, 7) is 4.30. The largest absolute Gasteiger partial charge is 0.383 e. The van der Waals surface area contributed by atoms with Crippen LogP contribution in [0, 0.1) is 0 Å². The third kappa shape index (κ3) is 3.20. The van der Waals surface area contributed by atoms with Crippen molar-refractivity contribution in [2.75, 3.05) is 38.5 Å². The monoisotopic (exact) mass is 283 g/mol. The molecule has 0 spiro atoms. The smallest absolute Gasteiger partial charge is 0.0485 e. The number of hydrogen-bond acceptors (Lipinski definition) is 3. The predicted octanol–water partition coefficient (Wildman–Crippen LogP) is 1.76. The van der Waals surface area contributed by atoms with Gasteiger partial charge in [-0.1, -0.05) is 12.1 Å². The summed E-state index contributed by atoms with van der Waals surface area (Å²) in [4.78, 5) is 2.36. The first-order chi connectivity index (χ1) is 7.75. The summed E-state index contributed by atoms with van der Waals surface area (Å²) in [5.74, 6) is 0. The van der Waals surface area contributed by atoms with Crippen LogP contribution in [0.25, 0.3) is 0 Å². The van der Waals surface area contributed by atoms with Crippen LogP contribution in [-0.2, 0) is 0 Å². The van der Waals surface area contributed by atoms with E-state index in [1.165, 1.54) is 0 Å². The van der Waals surface area contributed by atoms with Crippen molar-refractivity contribution in [3.05, 3.63) is 28.7 Å². The quantitative estimate of drug-likeness (QED) is 0.885. The van der Waals surface area contributed by atoms with Crippen LogP contribution in [0.4, 0.5) is 5.69 Å². The summed E-state index contributed by atoms with van der Waals surface area (Å²) in [6, 6.07) is 8.76. The zero-order chi connectivity index (χ0) is 11.4. The van der Waals surface area contributed by atoms with Crippen molar-refractivity contribution in [1.82, 2.24) is 10.2 Å². The normalized spacial score (nSPS) is 22.0. The van der Waals surface area contributed by atoms with Crippen molar-refractivity contribution in [2.45, 2.75) is 6.04 Å². The van der Waals surface area contributed by atoms with Gasteiger partial charge < -0.3 is 15.5 Å². The Morgan fingerprint density at radius 2 is 2.31 bits per heavy atom. The molecule has 3 nitrogen and oxygen atoms in total. The van der Waals surface area contributed by atoms with Gasteiger partial charge >= 0.3 is 0 Å². The van der Waals surface area contributed by atoms with Crippen molar-refractivity contribution in [3.63, 3.8) is 0 Å². The van der Waals surface area contributed by atoms with Crippen LogP contribution in [0.2, 0.25) is 0 Å². The number of halogens is 1. The maximum atomic E-state index is 3.54. The molecule has 1 fully saturated rings. The van der Waals surface area contributed by atoms with E-state index in [4.69, 9.17) is 0 Å². The Morgan fingerprint density at radius 1 is 1.50 bits per heavy atom. The molecular formula is C12H18BrN3. The highest BCUT2D eigenvalue weighted by molar-refractivity contribution is 9.10. The molecule has 1 aliphatic heterocycles. The van der Waals surface area contributed by atoms with E-state index >= 15 is 0 Å². The van der Waals surface area contributed by atoms with Crippen molar-refractivity contribution >= 4 is 21.6 Å². The molecule has 1 aromatic rings. The van der Waals surface area contributed by atoms with E-state index in [9.17, 15) is 0 Å². The Hall–Kier alpha value is -0.580. The molecule has 0 aliphatic carbocycles. The molecule has 1 unspecified atom stereocenters. The molecule has 0 amide bonds. The standard InChI is InChI=1S/C12H18BrN3/c1-16-7-6-14-10(9-16)8-15-12-5-3-2-4-11(12)13/h2-5,10,14-15H,6-9H2,1H3. The van der Waals surface area contributed by atoms with E-state index in [2.05, 4.69) is 50.6 Å². The highest BCUT2D eigenvalue weighted by Gasteiger charge is 2.15. The number of piperazine rings is 1. The van der Waals surface area contributed by atoms with Crippen molar-refractivity contribution in [2.24, 2.45) is 0 Å². The van der Waals surface area contributed by atoms with Crippen LogP contribution in [0.15, 0.2) is 28.7 Å². The Morgan fingerprint density at radius 3 is 3.06 bits per heavy atom. The third-order valence-electron chi connectivity index (χ3n) is 2.87. The summed E-state index contributed by atoms with van der Waals surface area (Å²) in [7, 11) is 2.17. The number of para-hydroxylation sites is 1. The topological polar surface area (TPSA) is 27.3 Å². The molecule has 0 saturated carbocycles. The van der Waals surface area contributed by atoms with E-state index in [-0.39, 0.29) is 0 Å². The minimum atomic E-state index is 0.533. The molecule has 1 aliphatic rings. The summed E-state index contributed by atoms with van der Waals surface area (Å²) in [6.07, 6.45) is 0. The average Bonchev–Trinajstić information content (AvgIpc) is 2.28. The van der Waals surface area contributed by atoms with E-state index in [1.54, 1.807) is 0 Å². The van der Waals surface area contributed by atoms with Gasteiger partial charge in [-0.2, -0.15) is 0 Å². The first-order valence-electron chi connectivity index (χ1n) is 5.66. The van der Waals surface area contributed by atoms with Crippen LogP contribution in [0.5, 0.6) is 0 Å². The molecule has 1 atom stereocenters. The third-order valence-corrected chi connectivity index (χ3v) is 3.56. The molecule has 0 aromatic heterocycles. The molecule has 88 valence electrons. The van der Waals surface area contributed by atoms with Gasteiger partial charge in [0.25, 0.3) is 0 Å². The highest BCUT2D eigenvalue weighted by atomic mass is 79.9. The molecule has 1 saturated heterocycles. The number of likely N-dealkylation sites (N-methyl/N-ethyl adjacent to an activating group) is 1. The van der Waals surface area contributed by atoms with Crippen LogP contribution in [0.1, 0.15) is 0 Å². The Kier molecular flexibility index (Phi) is 4.21. The summed E-state index contributed by atoms with van der Waals surface area (Å²) >= 11 is 3.54. The van der Waals surface area contributed by atoms with Gasteiger partial charge in [0.2, 0.25) is 0 Å². The van der Waals surface area contributed by atoms with E-state index in [1.807, 2.05) is 12.1 Å². The van der Waals surface area contributed by atoms with Crippen molar-refractivity contribution < 1.29 is 0 Å². The molecule has 2 N–H and O–H groups in total. The summed E-state index contributed by atoms with van der Waals surface area (Å²) in [5.41, 5.74) is 1.16. The average molecular weight is 284 g/mol. The fraction of sp³-hybridized carbons (Fsp3) is 0.500. The second-order valence-electron chi connectivity index (χ2n) is 4.27. The van der Waals surface area contributed by atoms with Crippen LogP contribution in [-0.4, -0.2) is 44.2 Å². The van der Waals surface area contributed by atoms with Gasteiger partial charge in [-0.3, -0.25) is 0 Å². The fourth-order valence-corrected chi connectivity index (χ4v) is 2.39. The molecule has 4 heteroatoms. The number of benzene rings is 1. The van der Waals surface area contributed by atoms with Gasteiger partial charge in [0.15, 0.2) is 0 Å². The number of hydrogen-bond donors (Lipinski definition) is 2. The minimum absolute atomic E-state index is 0.533. The maximum absolute atomic E-state index is 3.54. The Bertz CT molecular complexity index is 343. The lowest BCUT2D eigenvalue weighted by atomic mass is 10.2. The molecule has 0 bridgehead atoms. The number of nitrogens with one attached hydrogen (secondary N) is 2. The van der Waals surface area contributed by atoms with E-state index < -0.39 is 0 Å². The fourth-order valence-electron chi connectivity index (χ4n) is 1.97. The van der Waals surface area contributed by atoms with Crippen LogP contribution in [0.3, 0.4) is 0 Å². The number of nitrogens with zero attached hydrogens (tertiary/aromatic N) is 1. The molecule has 1 heterocycles. The van der Waals surface area contributed by atoms with Crippen molar-refractivity contribution in [3.8, 4) is 0 Å². The molecule has 2 rings (SSSR count). The SMILES string of the molecule is CN1CCNC(CNc2ccccc2Br)C1. The molecule has 1 aromatic carbocycles. The summed E-state index contributed by atoms with van der Waals surface area (Å²) in [5, 5.41) is 6.99.